The van der Waals surface area contributed by atoms with Gasteiger partial charge in [-0.15, -0.1) is 0 Å². The second kappa shape index (κ2) is 10.6. The zero-order valence-electron chi connectivity index (χ0n) is 18.1. The fourth-order valence-electron chi connectivity index (χ4n) is 3.15. The molecule has 6 nitrogen and oxygen atoms in total. The molecule has 0 saturated carbocycles. The van der Waals surface area contributed by atoms with Crippen LogP contribution in [0.5, 0.6) is 5.75 Å². The van der Waals surface area contributed by atoms with Gasteiger partial charge in [0.05, 0.1) is 11.9 Å². The maximum Gasteiger partial charge on any atom is 0.289 e. The van der Waals surface area contributed by atoms with Gasteiger partial charge in [-0.1, -0.05) is 61.0 Å². The molecule has 4 rings (SSSR count). The number of benzene rings is 3. The lowest BCUT2D eigenvalue weighted by atomic mass is 10.1. The molecule has 166 valence electrons. The summed E-state index contributed by atoms with van der Waals surface area (Å²) in [5.74, 6) is 0.350. The van der Waals surface area contributed by atoms with Crippen LogP contribution in [0.25, 0.3) is 11.3 Å². The largest absolute Gasteiger partial charge is 0.489 e. The molecule has 0 radical (unpaired) electrons. The number of nitrogens with zero attached hydrogens (tertiary/aromatic N) is 2. The van der Waals surface area contributed by atoms with Gasteiger partial charge < -0.3 is 4.74 Å². The Morgan fingerprint density at radius 1 is 1.09 bits per heavy atom. The van der Waals surface area contributed by atoms with E-state index in [9.17, 15) is 4.79 Å². The van der Waals surface area contributed by atoms with Crippen molar-refractivity contribution in [2.24, 2.45) is 5.10 Å². The van der Waals surface area contributed by atoms with Crippen molar-refractivity contribution in [1.82, 2.24) is 15.6 Å². The van der Waals surface area contributed by atoms with E-state index in [1.807, 2.05) is 72.8 Å². The molecule has 0 saturated heterocycles. The van der Waals surface area contributed by atoms with Crippen molar-refractivity contribution in [2.75, 3.05) is 0 Å². The first-order chi connectivity index (χ1) is 16.1. The van der Waals surface area contributed by atoms with Gasteiger partial charge in [-0.3, -0.25) is 9.89 Å². The molecule has 33 heavy (non-hydrogen) atoms. The first kappa shape index (κ1) is 22.3. The number of hydrogen-bond acceptors (Lipinski definition) is 4. The van der Waals surface area contributed by atoms with E-state index in [0.717, 1.165) is 23.1 Å². The minimum Gasteiger partial charge on any atom is -0.489 e. The number of nitrogens with one attached hydrogen (secondary N) is 2. The van der Waals surface area contributed by atoms with Crippen LogP contribution in [0.4, 0.5) is 0 Å². The Hall–Kier alpha value is -3.90. The fourth-order valence-corrected chi connectivity index (χ4v) is 3.34. The molecule has 0 bridgehead atoms. The van der Waals surface area contributed by atoms with Crippen molar-refractivity contribution in [3.05, 3.63) is 106 Å². The number of halogens is 1. The summed E-state index contributed by atoms with van der Waals surface area (Å²) in [7, 11) is 0. The van der Waals surface area contributed by atoms with Crippen molar-refractivity contribution < 1.29 is 9.53 Å². The maximum atomic E-state index is 12.4. The van der Waals surface area contributed by atoms with Crippen molar-refractivity contribution in [3.63, 3.8) is 0 Å². The zero-order chi connectivity index (χ0) is 23.0. The lowest BCUT2D eigenvalue weighted by Crippen LogP contribution is -2.17. The SMILES string of the molecule is CCc1ccc(C=NNC(=O)c2cc(-c3ccc(OCc4ccccc4Cl)cc3)n[nH]2)cc1. The summed E-state index contributed by atoms with van der Waals surface area (Å²) in [4.78, 5) is 12.4. The van der Waals surface area contributed by atoms with Crippen LogP contribution in [0.2, 0.25) is 5.02 Å². The quantitative estimate of drug-likeness (QED) is 0.265. The Labute approximate surface area is 197 Å². The minimum absolute atomic E-state index is 0.322. The van der Waals surface area contributed by atoms with Crippen molar-refractivity contribution in [3.8, 4) is 17.0 Å². The van der Waals surface area contributed by atoms with Gasteiger partial charge in [0.25, 0.3) is 5.91 Å². The summed E-state index contributed by atoms with van der Waals surface area (Å²) >= 11 is 6.16. The Kier molecular flexibility index (Phi) is 7.17. The van der Waals surface area contributed by atoms with E-state index in [-0.39, 0.29) is 5.91 Å². The smallest absolute Gasteiger partial charge is 0.289 e. The highest BCUT2D eigenvalue weighted by Gasteiger charge is 2.11. The average molecular weight is 459 g/mol. The summed E-state index contributed by atoms with van der Waals surface area (Å²) in [6, 6.07) is 24.7. The third kappa shape index (κ3) is 5.87. The Balaban J connectivity index is 1.33. The van der Waals surface area contributed by atoms with Crippen molar-refractivity contribution in [2.45, 2.75) is 20.0 Å². The van der Waals surface area contributed by atoms with Crippen LogP contribution in [-0.2, 0) is 13.0 Å². The molecule has 1 aromatic heterocycles. The van der Waals surface area contributed by atoms with Crippen LogP contribution in [0, 0.1) is 0 Å². The molecular formula is C26H23ClN4O2. The van der Waals surface area contributed by atoms with Crippen LogP contribution in [0.15, 0.2) is 84.0 Å². The summed E-state index contributed by atoms with van der Waals surface area (Å²) in [6.07, 6.45) is 2.59. The summed E-state index contributed by atoms with van der Waals surface area (Å²) in [5.41, 5.74) is 7.43. The molecule has 2 N–H and O–H groups in total. The Bertz CT molecular complexity index is 1250. The number of hydrazone groups is 1. The maximum absolute atomic E-state index is 12.4. The standard InChI is InChI=1S/C26H23ClN4O2/c1-2-18-7-9-19(10-8-18)16-28-31-26(32)25-15-24(29-30-25)20-11-13-22(14-12-20)33-17-21-5-3-4-6-23(21)27/h3-16H,2,17H2,1H3,(H,29,30)(H,31,32). The van der Waals surface area contributed by atoms with Gasteiger partial charge in [0.15, 0.2) is 0 Å². The molecule has 0 aliphatic heterocycles. The van der Waals surface area contributed by atoms with E-state index in [1.54, 1.807) is 12.3 Å². The third-order valence-corrected chi connectivity index (χ3v) is 5.46. The number of carbonyl (C=O) groups excluding carboxylic acids is 1. The van der Waals surface area contributed by atoms with E-state index < -0.39 is 0 Å². The fraction of sp³-hybridized carbons (Fsp3) is 0.115. The molecular weight excluding hydrogens is 436 g/mol. The van der Waals surface area contributed by atoms with E-state index in [2.05, 4.69) is 27.6 Å². The molecule has 1 heterocycles. The highest BCUT2D eigenvalue weighted by atomic mass is 35.5. The molecule has 1 amide bonds. The van der Waals surface area contributed by atoms with E-state index >= 15 is 0 Å². The number of aryl methyl sites for hydroxylation is 1. The van der Waals surface area contributed by atoms with Crippen LogP contribution >= 0.6 is 11.6 Å². The van der Waals surface area contributed by atoms with E-state index in [1.165, 1.54) is 5.56 Å². The number of rotatable bonds is 8. The number of aromatic nitrogens is 2. The monoisotopic (exact) mass is 458 g/mol. The summed E-state index contributed by atoms with van der Waals surface area (Å²) < 4.78 is 5.81. The van der Waals surface area contributed by atoms with Crippen LogP contribution < -0.4 is 10.2 Å². The van der Waals surface area contributed by atoms with Gasteiger partial charge in [-0.25, -0.2) is 5.43 Å². The lowest BCUT2D eigenvalue weighted by Gasteiger charge is -2.08. The average Bonchev–Trinajstić information content (AvgIpc) is 3.35. The first-order valence-electron chi connectivity index (χ1n) is 10.6. The summed E-state index contributed by atoms with van der Waals surface area (Å²) in [6.45, 7) is 2.49. The number of H-pyrrole nitrogens is 1. The Morgan fingerprint density at radius 3 is 2.58 bits per heavy atom. The Morgan fingerprint density at radius 2 is 1.85 bits per heavy atom. The highest BCUT2D eigenvalue weighted by Crippen LogP contribution is 2.23. The number of amides is 1. The molecule has 4 aromatic rings. The molecule has 0 unspecified atom stereocenters. The van der Waals surface area contributed by atoms with Crippen molar-refractivity contribution in [1.29, 1.82) is 0 Å². The van der Waals surface area contributed by atoms with Gasteiger partial charge in [0, 0.05) is 16.1 Å². The zero-order valence-corrected chi connectivity index (χ0v) is 18.8. The second-order valence-corrected chi connectivity index (χ2v) is 7.77. The third-order valence-electron chi connectivity index (χ3n) is 5.09. The van der Waals surface area contributed by atoms with Gasteiger partial charge in [-0.2, -0.15) is 10.2 Å². The summed E-state index contributed by atoms with van der Waals surface area (Å²) in [5, 5.41) is 11.7. The van der Waals surface area contributed by atoms with Crippen LogP contribution in [0.3, 0.4) is 0 Å². The van der Waals surface area contributed by atoms with Crippen LogP contribution in [0.1, 0.15) is 34.1 Å². The van der Waals surface area contributed by atoms with E-state index in [4.69, 9.17) is 16.3 Å². The van der Waals surface area contributed by atoms with Gasteiger partial charge in [-0.05, 0) is 53.9 Å². The molecule has 3 aromatic carbocycles. The molecule has 0 aliphatic rings. The highest BCUT2D eigenvalue weighted by molar-refractivity contribution is 6.31. The van der Waals surface area contributed by atoms with E-state index in [0.29, 0.717) is 28.8 Å². The van der Waals surface area contributed by atoms with Crippen LogP contribution in [-0.4, -0.2) is 22.3 Å². The second-order valence-electron chi connectivity index (χ2n) is 7.37. The van der Waals surface area contributed by atoms with Gasteiger partial charge >= 0.3 is 0 Å². The predicted octanol–water partition coefficient (Wildman–Crippen LogP) is 5.64. The number of aromatic amines is 1. The lowest BCUT2D eigenvalue weighted by molar-refractivity contribution is 0.0950. The normalized spacial score (nSPS) is 11.0. The first-order valence-corrected chi connectivity index (χ1v) is 10.9. The minimum atomic E-state index is -0.366. The van der Waals surface area contributed by atoms with Gasteiger partial charge in [0.2, 0.25) is 0 Å². The molecule has 7 heteroatoms. The molecule has 0 aliphatic carbocycles. The predicted molar refractivity (Wildman–Crippen MR) is 131 cm³/mol. The van der Waals surface area contributed by atoms with Crippen molar-refractivity contribution >= 4 is 23.7 Å². The number of carbonyl (C=O) groups is 1. The molecule has 0 spiro atoms. The van der Waals surface area contributed by atoms with Gasteiger partial charge in [0.1, 0.15) is 18.1 Å². The molecule has 0 atom stereocenters. The number of hydrogen-bond donors (Lipinski definition) is 2. The topological polar surface area (TPSA) is 79.4 Å². The molecule has 0 fully saturated rings. The number of ether oxygens (including phenoxy) is 1.